The molecule has 4 heterocycles. The lowest BCUT2D eigenvalue weighted by Gasteiger charge is -2.38. The van der Waals surface area contributed by atoms with Crippen LogP contribution in [0.5, 0.6) is 0 Å². The number of nitrogens with zero attached hydrogens (tertiary/aromatic N) is 6. The number of aromatic nitrogens is 3. The highest BCUT2D eigenvalue weighted by Gasteiger charge is 2.75. The molecule has 5 rings (SSSR count). The summed E-state index contributed by atoms with van der Waals surface area (Å²) in [6.07, 6.45) is 5.03. The van der Waals surface area contributed by atoms with E-state index < -0.39 is 22.6 Å². The predicted molar refractivity (Wildman–Crippen MR) is 158 cm³/mol. The fourth-order valence-corrected chi connectivity index (χ4v) is 10.2. The van der Waals surface area contributed by atoms with E-state index in [1.807, 2.05) is 24.3 Å². The van der Waals surface area contributed by atoms with Crippen LogP contribution in [0.2, 0.25) is 0 Å². The molecular weight excluding hydrogens is 596 g/mol. The van der Waals surface area contributed by atoms with Crippen LogP contribution in [0, 0.1) is 11.8 Å². The first kappa shape index (κ1) is 28.8. The van der Waals surface area contributed by atoms with E-state index in [1.165, 1.54) is 0 Å². The van der Waals surface area contributed by atoms with Crippen LogP contribution < -0.4 is 0 Å². The number of aliphatic hydroxyl groups excluding tert-OH is 1. The van der Waals surface area contributed by atoms with Gasteiger partial charge in [0.1, 0.15) is 18.2 Å². The fourth-order valence-electron chi connectivity index (χ4n) is 6.59. The summed E-state index contributed by atoms with van der Waals surface area (Å²) in [7, 11) is 1.73. The van der Waals surface area contributed by atoms with Crippen LogP contribution in [0.4, 0.5) is 0 Å². The average molecular weight is 632 g/mol. The van der Waals surface area contributed by atoms with Gasteiger partial charge in [0.2, 0.25) is 17.7 Å². The number of rotatable bonds is 12. The van der Waals surface area contributed by atoms with Crippen molar-refractivity contribution in [3.05, 3.63) is 49.6 Å². The Morgan fingerprint density at radius 1 is 1.23 bits per heavy atom. The second kappa shape index (κ2) is 11.7. The van der Waals surface area contributed by atoms with Crippen LogP contribution in [0.25, 0.3) is 11.0 Å². The van der Waals surface area contributed by atoms with Gasteiger partial charge >= 0.3 is 0 Å². The summed E-state index contributed by atoms with van der Waals surface area (Å²) in [6, 6.07) is 6.80. The molecule has 0 aliphatic carbocycles. The summed E-state index contributed by atoms with van der Waals surface area (Å²) in [4.78, 5) is 47.4. The molecule has 1 aromatic heterocycles. The molecular formula is C28H35BrN6O4S. The largest absolute Gasteiger partial charge is 0.396 e. The molecule has 3 amide bonds. The van der Waals surface area contributed by atoms with Gasteiger partial charge in [-0.15, -0.1) is 30.0 Å². The Labute approximate surface area is 246 Å². The minimum atomic E-state index is -0.754. The van der Waals surface area contributed by atoms with E-state index in [2.05, 4.69) is 39.4 Å². The highest BCUT2D eigenvalue weighted by Crippen LogP contribution is 2.68. The molecule has 3 fully saturated rings. The van der Waals surface area contributed by atoms with Gasteiger partial charge in [0.05, 0.1) is 22.1 Å². The number of unbranched alkanes of at least 4 members (excludes halogenated alkanes) is 1. The van der Waals surface area contributed by atoms with E-state index >= 15 is 0 Å². The van der Waals surface area contributed by atoms with E-state index in [-0.39, 0.29) is 47.6 Å². The zero-order chi connectivity index (χ0) is 28.6. The number of fused-ring (bicyclic) bond motifs is 2. The van der Waals surface area contributed by atoms with Gasteiger partial charge in [0.15, 0.2) is 0 Å². The summed E-state index contributed by atoms with van der Waals surface area (Å²) in [5.41, 5.74) is 1.53. The van der Waals surface area contributed by atoms with Crippen LogP contribution >= 0.6 is 27.7 Å². The highest BCUT2D eigenvalue weighted by molar-refractivity contribution is 9.09. The number of amides is 3. The molecule has 0 radical (unpaired) electrons. The molecule has 3 aliphatic heterocycles. The molecule has 3 aliphatic rings. The number of alkyl halides is 1. The third-order valence-electron chi connectivity index (χ3n) is 8.28. The SMILES string of the molecule is C=CCN(C)C(=O)[C@H]1[C@@H]2SC3(CC2Br)C(C(=O)N(CC=C)Cn2nnc4ccccc42)N(CCCCO)C(=O)[C@H]13. The molecule has 2 bridgehead atoms. The zero-order valence-corrected chi connectivity index (χ0v) is 25.0. The maximum absolute atomic E-state index is 14.6. The Bertz CT molecular complexity index is 1320. The second-order valence-electron chi connectivity index (χ2n) is 10.7. The van der Waals surface area contributed by atoms with E-state index in [0.717, 1.165) is 11.0 Å². The molecule has 2 aromatic rings. The van der Waals surface area contributed by atoms with Crippen LogP contribution in [-0.4, -0.2) is 107 Å². The average Bonchev–Trinajstić information content (AvgIpc) is 3.65. The molecule has 1 aromatic carbocycles. The minimum absolute atomic E-state index is 0.00490. The Morgan fingerprint density at radius 3 is 2.70 bits per heavy atom. The Kier molecular flexibility index (Phi) is 8.40. The van der Waals surface area contributed by atoms with E-state index in [9.17, 15) is 19.5 Å². The number of likely N-dealkylation sites (tertiary alicyclic amines) is 1. The maximum Gasteiger partial charge on any atom is 0.248 e. The van der Waals surface area contributed by atoms with E-state index in [0.29, 0.717) is 32.4 Å². The van der Waals surface area contributed by atoms with E-state index in [4.69, 9.17) is 0 Å². The molecule has 1 spiro atoms. The molecule has 40 heavy (non-hydrogen) atoms. The molecule has 3 saturated heterocycles. The lowest BCUT2D eigenvalue weighted by molar-refractivity contribution is -0.144. The van der Waals surface area contributed by atoms with Crippen LogP contribution in [0.1, 0.15) is 19.3 Å². The van der Waals surface area contributed by atoms with Crippen LogP contribution in [-0.2, 0) is 21.1 Å². The van der Waals surface area contributed by atoms with Gasteiger partial charge in [-0.05, 0) is 31.4 Å². The van der Waals surface area contributed by atoms with Gasteiger partial charge in [0.25, 0.3) is 0 Å². The van der Waals surface area contributed by atoms with Gasteiger partial charge < -0.3 is 19.8 Å². The van der Waals surface area contributed by atoms with Crippen molar-refractivity contribution < 1.29 is 19.5 Å². The number of likely N-dealkylation sites (N-methyl/N-ethyl adjacent to an activating group) is 1. The topological polar surface area (TPSA) is 112 Å². The number of carbonyl (C=O) groups is 3. The third kappa shape index (κ3) is 4.67. The molecule has 3 unspecified atom stereocenters. The van der Waals surface area contributed by atoms with Crippen molar-refractivity contribution in [3.63, 3.8) is 0 Å². The summed E-state index contributed by atoms with van der Waals surface area (Å²) in [5, 5.41) is 17.8. The Balaban J connectivity index is 1.53. The number of hydrogen-bond acceptors (Lipinski definition) is 7. The number of benzene rings is 1. The van der Waals surface area contributed by atoms with Crippen molar-refractivity contribution in [2.75, 3.05) is 33.3 Å². The standard InChI is InChI=1S/C28H35BrN6O4S/c1-4-12-32(3)25(37)21-22-26(38)34(14-8-9-15-36)24(28(22)16-18(29)23(21)40-28)27(39)33(13-5-2)17-35-20-11-7-6-10-19(20)30-31-35/h4-7,10-11,18,21-24,36H,1-2,8-9,12-17H2,3H3/t18?,21-,22+,23-,24?,28?/m1/s1. The number of hydrogen-bond donors (Lipinski definition) is 1. The second-order valence-corrected chi connectivity index (χ2v) is 13.4. The summed E-state index contributed by atoms with van der Waals surface area (Å²) in [6.45, 7) is 8.77. The van der Waals surface area contributed by atoms with Gasteiger partial charge in [-0.1, -0.05) is 45.4 Å². The Hall–Kier alpha value is -2.70. The normalized spacial score (nSPS) is 28.6. The molecule has 10 nitrogen and oxygen atoms in total. The number of halogens is 1. The first-order chi connectivity index (χ1) is 19.3. The lowest BCUT2D eigenvalue weighted by atomic mass is 9.70. The monoisotopic (exact) mass is 630 g/mol. The van der Waals surface area contributed by atoms with Crippen molar-refractivity contribution >= 4 is 56.4 Å². The van der Waals surface area contributed by atoms with Gasteiger partial charge in [0, 0.05) is 43.4 Å². The molecule has 1 N–H and O–H groups in total. The summed E-state index contributed by atoms with van der Waals surface area (Å²) < 4.78 is 0.938. The molecule has 0 saturated carbocycles. The van der Waals surface area contributed by atoms with Crippen molar-refractivity contribution in [2.24, 2.45) is 11.8 Å². The summed E-state index contributed by atoms with van der Waals surface area (Å²) in [5.74, 6) is -1.58. The fraction of sp³-hybridized carbons (Fsp3) is 0.536. The first-order valence-corrected chi connectivity index (χ1v) is 15.4. The molecule has 6 atom stereocenters. The molecule has 12 heteroatoms. The lowest BCUT2D eigenvalue weighted by Crippen LogP contribution is -2.56. The van der Waals surface area contributed by atoms with Crippen molar-refractivity contribution in [1.29, 1.82) is 0 Å². The number of para-hydroxylation sites is 1. The van der Waals surface area contributed by atoms with Crippen molar-refractivity contribution in [2.45, 2.75) is 46.8 Å². The van der Waals surface area contributed by atoms with E-state index in [1.54, 1.807) is 50.3 Å². The number of thioether (sulfide) groups is 1. The van der Waals surface area contributed by atoms with Crippen molar-refractivity contribution in [3.8, 4) is 0 Å². The zero-order valence-electron chi connectivity index (χ0n) is 22.6. The molecule has 214 valence electrons. The highest BCUT2D eigenvalue weighted by atomic mass is 79.9. The summed E-state index contributed by atoms with van der Waals surface area (Å²) >= 11 is 5.43. The van der Waals surface area contributed by atoms with Crippen LogP contribution in [0.15, 0.2) is 49.6 Å². The van der Waals surface area contributed by atoms with Gasteiger partial charge in [-0.3, -0.25) is 14.4 Å². The predicted octanol–water partition coefficient (Wildman–Crippen LogP) is 2.28. The van der Waals surface area contributed by atoms with Gasteiger partial charge in [-0.25, -0.2) is 4.68 Å². The number of carbonyl (C=O) groups excluding carboxylic acids is 3. The first-order valence-electron chi connectivity index (χ1n) is 13.6. The third-order valence-corrected chi connectivity index (χ3v) is 11.5. The van der Waals surface area contributed by atoms with Gasteiger partial charge in [-0.2, -0.15) is 0 Å². The quantitative estimate of drug-likeness (QED) is 0.218. The van der Waals surface area contributed by atoms with Crippen molar-refractivity contribution in [1.82, 2.24) is 29.7 Å². The maximum atomic E-state index is 14.6. The number of aliphatic hydroxyl groups is 1. The van der Waals surface area contributed by atoms with Crippen LogP contribution in [0.3, 0.4) is 0 Å². The smallest absolute Gasteiger partial charge is 0.248 e. The minimum Gasteiger partial charge on any atom is -0.396 e. The Morgan fingerprint density at radius 2 is 1.98 bits per heavy atom.